The second kappa shape index (κ2) is 5.37. The van der Waals surface area contributed by atoms with Crippen LogP contribution in [-0.2, 0) is 6.54 Å². The van der Waals surface area contributed by atoms with E-state index >= 15 is 0 Å². The van der Waals surface area contributed by atoms with Gasteiger partial charge in [-0.1, -0.05) is 0 Å². The molecule has 0 saturated heterocycles. The van der Waals surface area contributed by atoms with E-state index in [2.05, 4.69) is 26.9 Å². The largest absolute Gasteiger partial charge is 0.313 e. The second-order valence-corrected chi connectivity index (χ2v) is 4.50. The monoisotopic (exact) mass is 220 g/mol. The number of aromatic nitrogens is 2. The summed E-state index contributed by atoms with van der Waals surface area (Å²) >= 11 is 0. The van der Waals surface area contributed by atoms with Crippen molar-refractivity contribution in [3.8, 4) is 0 Å². The van der Waals surface area contributed by atoms with Crippen molar-refractivity contribution in [2.24, 2.45) is 0 Å². The van der Waals surface area contributed by atoms with E-state index in [9.17, 15) is 0 Å². The van der Waals surface area contributed by atoms with Crippen LogP contribution in [0.3, 0.4) is 0 Å². The Morgan fingerprint density at radius 2 is 2.06 bits per heavy atom. The maximum absolute atomic E-state index is 4.11. The van der Waals surface area contributed by atoms with E-state index < -0.39 is 0 Å². The molecule has 1 aliphatic rings. The molecule has 0 amide bonds. The first-order chi connectivity index (χ1) is 7.75. The van der Waals surface area contributed by atoms with Gasteiger partial charge in [-0.05, 0) is 38.3 Å². The van der Waals surface area contributed by atoms with Gasteiger partial charge in [0.15, 0.2) is 0 Å². The van der Waals surface area contributed by atoms with Crippen LogP contribution in [0.4, 0.5) is 0 Å². The van der Waals surface area contributed by atoms with E-state index in [4.69, 9.17) is 0 Å². The lowest BCUT2D eigenvalue weighted by molar-refractivity contribution is 0.605. The van der Waals surface area contributed by atoms with Crippen LogP contribution in [0.25, 0.3) is 0 Å². The highest BCUT2D eigenvalue weighted by Gasteiger charge is 2.19. The molecule has 0 atom stereocenters. The van der Waals surface area contributed by atoms with Gasteiger partial charge in [0.05, 0.1) is 11.4 Å². The third-order valence-corrected chi connectivity index (χ3v) is 2.83. The summed E-state index contributed by atoms with van der Waals surface area (Å²) in [7, 11) is 0. The Kier molecular flexibility index (Phi) is 3.85. The van der Waals surface area contributed by atoms with Gasteiger partial charge in [-0.2, -0.15) is 10.2 Å². The Morgan fingerprint density at radius 3 is 2.81 bits per heavy atom. The van der Waals surface area contributed by atoms with E-state index in [0.717, 1.165) is 37.1 Å². The van der Waals surface area contributed by atoms with Gasteiger partial charge in [-0.25, -0.2) is 0 Å². The fourth-order valence-electron chi connectivity index (χ4n) is 1.66. The molecule has 0 unspecified atom stereocenters. The minimum atomic E-state index is 0.799. The zero-order valence-corrected chi connectivity index (χ0v) is 10.1. The summed E-state index contributed by atoms with van der Waals surface area (Å²) in [6, 6.07) is 2.90. The lowest BCUT2D eigenvalue weighted by atomic mass is 10.2. The Labute approximate surface area is 96.9 Å². The van der Waals surface area contributed by atoms with Crippen LogP contribution in [0.5, 0.6) is 0 Å². The summed E-state index contributed by atoms with van der Waals surface area (Å²) in [5.74, 6) is 0. The first kappa shape index (κ1) is 11.5. The SMILES string of the molecule is Cc1cc(CNCCNC2CC2)c(C)nn1. The fourth-order valence-corrected chi connectivity index (χ4v) is 1.66. The van der Waals surface area contributed by atoms with Crippen molar-refractivity contribution in [3.05, 3.63) is 23.0 Å². The van der Waals surface area contributed by atoms with Crippen LogP contribution in [0, 0.1) is 13.8 Å². The van der Waals surface area contributed by atoms with E-state index in [-0.39, 0.29) is 0 Å². The molecule has 1 fully saturated rings. The molecule has 0 radical (unpaired) electrons. The zero-order chi connectivity index (χ0) is 11.4. The van der Waals surface area contributed by atoms with Crippen LogP contribution < -0.4 is 10.6 Å². The van der Waals surface area contributed by atoms with Gasteiger partial charge in [0.25, 0.3) is 0 Å². The fraction of sp³-hybridized carbons (Fsp3) is 0.667. The molecule has 1 heterocycles. The van der Waals surface area contributed by atoms with Crippen molar-refractivity contribution in [3.63, 3.8) is 0 Å². The summed E-state index contributed by atoms with van der Waals surface area (Å²) in [6.07, 6.45) is 2.71. The molecule has 2 N–H and O–H groups in total. The van der Waals surface area contributed by atoms with Gasteiger partial charge in [-0.15, -0.1) is 0 Å². The molecule has 1 saturated carbocycles. The van der Waals surface area contributed by atoms with Gasteiger partial charge in [0, 0.05) is 25.7 Å². The van der Waals surface area contributed by atoms with Gasteiger partial charge >= 0.3 is 0 Å². The molecule has 0 spiro atoms. The Bertz CT molecular complexity index is 347. The van der Waals surface area contributed by atoms with Gasteiger partial charge < -0.3 is 10.6 Å². The number of hydrogen-bond acceptors (Lipinski definition) is 4. The number of hydrogen-bond donors (Lipinski definition) is 2. The second-order valence-electron chi connectivity index (χ2n) is 4.50. The molecule has 4 nitrogen and oxygen atoms in total. The summed E-state index contributed by atoms with van der Waals surface area (Å²) in [5.41, 5.74) is 3.26. The van der Waals surface area contributed by atoms with E-state index in [1.54, 1.807) is 0 Å². The van der Waals surface area contributed by atoms with Gasteiger partial charge in [0.1, 0.15) is 0 Å². The molecule has 0 aromatic carbocycles. The third kappa shape index (κ3) is 3.54. The number of nitrogens with zero attached hydrogens (tertiary/aromatic N) is 2. The van der Waals surface area contributed by atoms with Gasteiger partial charge in [0.2, 0.25) is 0 Å². The first-order valence-corrected chi connectivity index (χ1v) is 5.99. The molecule has 0 bridgehead atoms. The highest BCUT2D eigenvalue weighted by molar-refractivity contribution is 5.19. The lowest BCUT2D eigenvalue weighted by Crippen LogP contribution is -2.28. The van der Waals surface area contributed by atoms with E-state index in [1.165, 1.54) is 18.4 Å². The van der Waals surface area contributed by atoms with Crippen molar-refractivity contribution < 1.29 is 0 Å². The van der Waals surface area contributed by atoms with Crippen molar-refractivity contribution in [1.82, 2.24) is 20.8 Å². The number of rotatable bonds is 6. The Morgan fingerprint density at radius 1 is 1.25 bits per heavy atom. The topological polar surface area (TPSA) is 49.8 Å². The van der Waals surface area contributed by atoms with E-state index in [1.807, 2.05) is 13.8 Å². The van der Waals surface area contributed by atoms with Crippen LogP contribution in [-0.4, -0.2) is 29.3 Å². The summed E-state index contributed by atoms with van der Waals surface area (Å²) in [6.45, 7) is 6.93. The minimum Gasteiger partial charge on any atom is -0.313 e. The summed E-state index contributed by atoms with van der Waals surface area (Å²) in [5, 5.41) is 15.0. The molecule has 4 heteroatoms. The molecule has 2 rings (SSSR count). The smallest absolute Gasteiger partial charge is 0.0645 e. The van der Waals surface area contributed by atoms with Crippen molar-refractivity contribution >= 4 is 0 Å². The van der Waals surface area contributed by atoms with Crippen molar-refractivity contribution in [2.45, 2.75) is 39.3 Å². The quantitative estimate of drug-likeness (QED) is 0.700. The van der Waals surface area contributed by atoms with Crippen molar-refractivity contribution in [1.29, 1.82) is 0 Å². The number of nitrogens with one attached hydrogen (secondary N) is 2. The zero-order valence-electron chi connectivity index (χ0n) is 10.1. The van der Waals surface area contributed by atoms with Crippen LogP contribution >= 0.6 is 0 Å². The Balaban J connectivity index is 1.69. The summed E-state index contributed by atoms with van der Waals surface area (Å²) < 4.78 is 0. The predicted molar refractivity (Wildman–Crippen MR) is 64.2 cm³/mol. The molecule has 16 heavy (non-hydrogen) atoms. The van der Waals surface area contributed by atoms with Gasteiger partial charge in [-0.3, -0.25) is 0 Å². The van der Waals surface area contributed by atoms with Crippen LogP contribution in [0.1, 0.15) is 29.8 Å². The maximum atomic E-state index is 4.11. The average Bonchev–Trinajstić information content (AvgIpc) is 3.06. The standard InChI is InChI=1S/C12H20N4/c1-9-7-11(10(2)16-15-9)8-13-5-6-14-12-3-4-12/h7,12-14H,3-6,8H2,1-2H3. The average molecular weight is 220 g/mol. The predicted octanol–water partition coefficient (Wildman–Crippen LogP) is 0.935. The molecular weight excluding hydrogens is 200 g/mol. The molecule has 1 aromatic heterocycles. The molecule has 1 aliphatic carbocycles. The molecule has 88 valence electrons. The summed E-state index contributed by atoms with van der Waals surface area (Å²) in [4.78, 5) is 0. The molecule has 0 aliphatic heterocycles. The maximum Gasteiger partial charge on any atom is 0.0645 e. The normalized spacial score (nSPS) is 15.4. The first-order valence-electron chi connectivity index (χ1n) is 5.99. The molecular formula is C12H20N4. The van der Waals surface area contributed by atoms with Crippen LogP contribution in [0.2, 0.25) is 0 Å². The third-order valence-electron chi connectivity index (χ3n) is 2.83. The van der Waals surface area contributed by atoms with E-state index in [0.29, 0.717) is 0 Å². The highest BCUT2D eigenvalue weighted by atomic mass is 15.1. The molecule has 1 aromatic rings. The van der Waals surface area contributed by atoms with Crippen molar-refractivity contribution in [2.75, 3.05) is 13.1 Å². The lowest BCUT2D eigenvalue weighted by Gasteiger charge is -2.07. The minimum absolute atomic E-state index is 0.799. The highest BCUT2D eigenvalue weighted by Crippen LogP contribution is 2.17. The Hall–Kier alpha value is -1.00. The van der Waals surface area contributed by atoms with Crippen LogP contribution in [0.15, 0.2) is 6.07 Å². The number of aryl methyl sites for hydroxylation is 2.